The molecule has 0 atom stereocenters. The van der Waals surface area contributed by atoms with E-state index in [0.717, 1.165) is 0 Å². The zero-order chi connectivity index (χ0) is 19.7. The second kappa shape index (κ2) is 7.28. The molecule has 0 N–H and O–H groups in total. The SMILES string of the molecule is COc1cc(-c2nn3c(=O)c(-c4ccccc4)nnc3s2)cc(OC)c1OC. The Kier molecular flexibility index (Phi) is 4.66. The highest BCUT2D eigenvalue weighted by molar-refractivity contribution is 7.19. The van der Waals surface area contributed by atoms with E-state index in [0.29, 0.717) is 38.3 Å². The molecule has 0 aliphatic carbocycles. The van der Waals surface area contributed by atoms with Gasteiger partial charge in [-0.1, -0.05) is 41.7 Å². The van der Waals surface area contributed by atoms with Crippen molar-refractivity contribution in [1.29, 1.82) is 0 Å². The van der Waals surface area contributed by atoms with Gasteiger partial charge in [-0.2, -0.15) is 9.61 Å². The average Bonchev–Trinajstić information content (AvgIpc) is 3.19. The normalized spacial score (nSPS) is 10.8. The Bertz CT molecular complexity index is 1180. The molecule has 0 aliphatic rings. The third-order valence-electron chi connectivity index (χ3n) is 4.15. The van der Waals surface area contributed by atoms with Gasteiger partial charge in [-0.25, -0.2) is 0 Å². The van der Waals surface area contributed by atoms with E-state index in [9.17, 15) is 4.79 Å². The van der Waals surface area contributed by atoms with Crippen LogP contribution in [0.15, 0.2) is 47.3 Å². The quantitative estimate of drug-likeness (QED) is 0.512. The van der Waals surface area contributed by atoms with E-state index in [4.69, 9.17) is 14.2 Å². The van der Waals surface area contributed by atoms with E-state index in [1.54, 1.807) is 26.4 Å². The summed E-state index contributed by atoms with van der Waals surface area (Å²) in [6.45, 7) is 0. The Labute approximate surface area is 164 Å². The van der Waals surface area contributed by atoms with Gasteiger partial charge in [0.15, 0.2) is 17.2 Å². The molecule has 0 amide bonds. The number of hydrogen-bond acceptors (Lipinski definition) is 8. The Balaban J connectivity index is 1.87. The highest BCUT2D eigenvalue weighted by atomic mass is 32.1. The smallest absolute Gasteiger partial charge is 0.302 e. The largest absolute Gasteiger partial charge is 0.493 e. The maximum absolute atomic E-state index is 12.9. The number of nitrogens with zero attached hydrogens (tertiary/aromatic N) is 4. The number of ether oxygens (including phenoxy) is 3. The van der Waals surface area contributed by atoms with Crippen molar-refractivity contribution in [2.24, 2.45) is 0 Å². The van der Waals surface area contributed by atoms with Crippen molar-refractivity contribution in [2.75, 3.05) is 21.3 Å². The topological polar surface area (TPSA) is 87.8 Å². The third-order valence-corrected chi connectivity index (χ3v) is 5.10. The minimum atomic E-state index is -0.328. The molecule has 0 fully saturated rings. The molecule has 142 valence electrons. The first-order chi connectivity index (χ1) is 13.7. The second-order valence-electron chi connectivity index (χ2n) is 5.74. The summed E-state index contributed by atoms with van der Waals surface area (Å²) < 4.78 is 17.4. The van der Waals surface area contributed by atoms with Crippen molar-refractivity contribution in [2.45, 2.75) is 0 Å². The highest BCUT2D eigenvalue weighted by Gasteiger charge is 2.18. The molecule has 0 saturated heterocycles. The summed E-state index contributed by atoms with van der Waals surface area (Å²) >= 11 is 1.25. The molecule has 0 saturated carbocycles. The van der Waals surface area contributed by atoms with Crippen molar-refractivity contribution in [1.82, 2.24) is 19.8 Å². The first-order valence-corrected chi connectivity index (χ1v) is 9.10. The first kappa shape index (κ1) is 17.9. The highest BCUT2D eigenvalue weighted by Crippen LogP contribution is 2.41. The molecule has 0 radical (unpaired) electrons. The van der Waals surface area contributed by atoms with Crippen molar-refractivity contribution in [3.63, 3.8) is 0 Å². The molecule has 8 nitrogen and oxygen atoms in total. The molecule has 0 bridgehead atoms. The molecular weight excluding hydrogens is 380 g/mol. The van der Waals surface area contributed by atoms with Crippen molar-refractivity contribution in [3.05, 3.63) is 52.8 Å². The molecule has 0 unspecified atom stereocenters. The zero-order valence-electron chi connectivity index (χ0n) is 15.4. The maximum Gasteiger partial charge on any atom is 0.302 e. The van der Waals surface area contributed by atoms with Gasteiger partial charge in [0.2, 0.25) is 10.7 Å². The molecule has 0 aliphatic heterocycles. The van der Waals surface area contributed by atoms with E-state index in [1.165, 1.54) is 23.0 Å². The number of rotatable bonds is 5. The Morgan fingerprint density at radius 1 is 0.893 bits per heavy atom. The summed E-state index contributed by atoms with van der Waals surface area (Å²) in [5, 5.41) is 13.3. The van der Waals surface area contributed by atoms with Crippen LogP contribution in [-0.2, 0) is 0 Å². The van der Waals surface area contributed by atoms with Crippen LogP contribution in [0.2, 0.25) is 0 Å². The van der Waals surface area contributed by atoms with Gasteiger partial charge in [-0.3, -0.25) is 4.79 Å². The Morgan fingerprint density at radius 3 is 2.18 bits per heavy atom. The lowest BCUT2D eigenvalue weighted by atomic mass is 10.2. The molecule has 0 spiro atoms. The number of hydrogen-bond donors (Lipinski definition) is 0. The van der Waals surface area contributed by atoms with Gasteiger partial charge in [0.1, 0.15) is 5.01 Å². The summed E-state index contributed by atoms with van der Waals surface area (Å²) in [6, 6.07) is 12.7. The average molecular weight is 396 g/mol. The summed E-state index contributed by atoms with van der Waals surface area (Å²) in [5.41, 5.74) is 1.33. The van der Waals surface area contributed by atoms with Gasteiger partial charge in [0, 0.05) is 11.1 Å². The van der Waals surface area contributed by atoms with Crippen LogP contribution < -0.4 is 19.8 Å². The Morgan fingerprint density at radius 2 is 1.57 bits per heavy atom. The van der Waals surface area contributed by atoms with Gasteiger partial charge in [0.05, 0.1) is 21.3 Å². The van der Waals surface area contributed by atoms with Gasteiger partial charge in [-0.05, 0) is 12.1 Å². The monoisotopic (exact) mass is 396 g/mol. The Hall–Kier alpha value is -3.46. The predicted molar refractivity (Wildman–Crippen MR) is 105 cm³/mol. The lowest BCUT2D eigenvalue weighted by Gasteiger charge is -2.13. The fraction of sp³-hybridized carbons (Fsp3) is 0.158. The molecule has 28 heavy (non-hydrogen) atoms. The molecule has 4 rings (SSSR count). The lowest BCUT2D eigenvalue weighted by molar-refractivity contribution is 0.324. The standard InChI is InChI=1S/C19H16N4O4S/c1-25-13-9-12(10-14(26-2)16(13)27-3)17-22-23-18(24)15(20-21-19(23)28-17)11-7-5-4-6-8-11/h4-10H,1-3H3. The van der Waals surface area contributed by atoms with Crippen LogP contribution in [0.1, 0.15) is 0 Å². The molecular formula is C19H16N4O4S. The van der Waals surface area contributed by atoms with Crippen LogP contribution in [0.5, 0.6) is 17.2 Å². The maximum atomic E-state index is 12.9. The summed E-state index contributed by atoms with van der Waals surface area (Å²) in [4.78, 5) is 13.3. The summed E-state index contributed by atoms with van der Waals surface area (Å²) in [6.07, 6.45) is 0. The van der Waals surface area contributed by atoms with Gasteiger partial charge in [0.25, 0.3) is 0 Å². The third kappa shape index (κ3) is 2.95. The van der Waals surface area contributed by atoms with E-state index >= 15 is 0 Å². The van der Waals surface area contributed by atoms with Crippen LogP contribution in [0.3, 0.4) is 0 Å². The van der Waals surface area contributed by atoms with Gasteiger partial charge < -0.3 is 14.2 Å². The van der Waals surface area contributed by atoms with Crippen molar-refractivity contribution >= 4 is 16.3 Å². The van der Waals surface area contributed by atoms with E-state index in [-0.39, 0.29) is 11.3 Å². The first-order valence-electron chi connectivity index (χ1n) is 8.28. The lowest BCUT2D eigenvalue weighted by Crippen LogP contribution is -2.19. The van der Waals surface area contributed by atoms with E-state index < -0.39 is 0 Å². The van der Waals surface area contributed by atoms with Crippen LogP contribution in [0, 0.1) is 0 Å². The van der Waals surface area contributed by atoms with Crippen molar-refractivity contribution < 1.29 is 14.2 Å². The van der Waals surface area contributed by atoms with E-state index in [2.05, 4.69) is 15.3 Å². The van der Waals surface area contributed by atoms with Crippen LogP contribution in [-0.4, -0.2) is 41.1 Å². The number of methoxy groups -OCH3 is 3. The van der Waals surface area contributed by atoms with E-state index in [1.807, 2.05) is 30.3 Å². The van der Waals surface area contributed by atoms with Crippen LogP contribution in [0.4, 0.5) is 0 Å². The predicted octanol–water partition coefficient (Wildman–Crippen LogP) is 2.91. The molecule has 9 heteroatoms. The minimum absolute atomic E-state index is 0.250. The number of fused-ring (bicyclic) bond motifs is 1. The molecule has 4 aromatic rings. The molecule has 2 aromatic carbocycles. The minimum Gasteiger partial charge on any atom is -0.493 e. The summed E-state index contributed by atoms with van der Waals surface area (Å²) in [7, 11) is 4.63. The number of benzene rings is 2. The van der Waals surface area contributed by atoms with Crippen LogP contribution >= 0.6 is 11.3 Å². The summed E-state index contributed by atoms with van der Waals surface area (Å²) in [5.74, 6) is 1.48. The fourth-order valence-electron chi connectivity index (χ4n) is 2.81. The van der Waals surface area contributed by atoms with Crippen molar-refractivity contribution in [3.8, 4) is 39.1 Å². The van der Waals surface area contributed by atoms with Gasteiger partial charge in [-0.15, -0.1) is 10.2 Å². The zero-order valence-corrected chi connectivity index (χ0v) is 16.2. The number of aromatic nitrogens is 4. The van der Waals surface area contributed by atoms with Gasteiger partial charge >= 0.3 is 5.56 Å². The fourth-order valence-corrected chi connectivity index (χ4v) is 3.64. The second-order valence-corrected chi connectivity index (χ2v) is 6.69. The molecule has 2 heterocycles. The molecule has 2 aromatic heterocycles. The van der Waals surface area contributed by atoms with Crippen LogP contribution in [0.25, 0.3) is 26.8 Å².